The van der Waals surface area contributed by atoms with Crippen LogP contribution in [0.2, 0.25) is 0 Å². The molecule has 0 atom stereocenters. The van der Waals surface area contributed by atoms with Crippen LogP contribution in [0.3, 0.4) is 0 Å². The first-order valence-electron chi connectivity index (χ1n) is 7.52. The largest absolute Gasteiger partial charge is 0.354 e. The smallest absolute Gasteiger partial charge is 0.274 e. The number of anilines is 2. The van der Waals surface area contributed by atoms with Gasteiger partial charge in [0.2, 0.25) is 0 Å². The summed E-state index contributed by atoms with van der Waals surface area (Å²) in [5, 5.41) is 2.81. The van der Waals surface area contributed by atoms with Gasteiger partial charge in [-0.2, -0.15) is 0 Å². The highest BCUT2D eigenvalue weighted by molar-refractivity contribution is 6.03. The molecule has 0 aliphatic heterocycles. The Bertz CT molecular complexity index is 808. The molecule has 6 nitrogen and oxygen atoms in total. The first kappa shape index (κ1) is 15.6. The lowest BCUT2D eigenvalue weighted by atomic mass is 10.3. The average Bonchev–Trinajstić information content (AvgIpc) is 2.63. The highest BCUT2D eigenvalue weighted by Gasteiger charge is 2.11. The zero-order valence-corrected chi connectivity index (χ0v) is 13.3. The van der Waals surface area contributed by atoms with E-state index in [1.165, 1.54) is 6.33 Å². The molecule has 2 heterocycles. The van der Waals surface area contributed by atoms with Crippen LogP contribution in [-0.4, -0.2) is 27.9 Å². The quantitative estimate of drug-likeness (QED) is 0.783. The number of hydrogen-bond donors (Lipinski definition) is 1. The van der Waals surface area contributed by atoms with Crippen LogP contribution in [0.4, 0.5) is 11.5 Å². The van der Waals surface area contributed by atoms with E-state index in [4.69, 9.17) is 0 Å². The fraction of sp³-hybridized carbons (Fsp3) is 0.111. The molecular weight excluding hydrogens is 302 g/mol. The second kappa shape index (κ2) is 7.32. The van der Waals surface area contributed by atoms with E-state index in [-0.39, 0.29) is 5.91 Å². The van der Waals surface area contributed by atoms with Crippen molar-refractivity contribution in [1.82, 2.24) is 15.0 Å². The minimum atomic E-state index is -0.268. The summed E-state index contributed by atoms with van der Waals surface area (Å²) in [6.07, 6.45) is 3.14. The Hall–Kier alpha value is -3.28. The van der Waals surface area contributed by atoms with Crippen LogP contribution in [0, 0.1) is 0 Å². The molecule has 0 aliphatic rings. The molecule has 0 unspecified atom stereocenters. The lowest BCUT2D eigenvalue weighted by Gasteiger charge is -2.17. The average molecular weight is 319 g/mol. The van der Waals surface area contributed by atoms with Crippen molar-refractivity contribution < 1.29 is 4.79 Å². The van der Waals surface area contributed by atoms with Gasteiger partial charge in [-0.15, -0.1) is 0 Å². The molecule has 0 saturated carbocycles. The maximum absolute atomic E-state index is 12.3. The van der Waals surface area contributed by atoms with Crippen molar-refractivity contribution in [2.45, 2.75) is 6.54 Å². The number of para-hydroxylation sites is 1. The number of hydrogen-bond acceptors (Lipinski definition) is 5. The van der Waals surface area contributed by atoms with Gasteiger partial charge in [-0.3, -0.25) is 9.78 Å². The zero-order valence-electron chi connectivity index (χ0n) is 13.3. The summed E-state index contributed by atoms with van der Waals surface area (Å²) < 4.78 is 0. The Balaban J connectivity index is 1.72. The first-order valence-corrected chi connectivity index (χ1v) is 7.52. The SMILES string of the molecule is CN(Cc1ccccn1)c1cc(C(=O)Nc2ccccc2)ncn1. The molecule has 0 fully saturated rings. The standard InChI is InChI=1S/C18H17N5O/c1-23(12-15-9-5-6-10-19-15)17-11-16(20-13-21-17)18(24)22-14-7-3-2-4-8-14/h2-11,13H,12H2,1H3,(H,22,24). The highest BCUT2D eigenvalue weighted by Crippen LogP contribution is 2.13. The zero-order chi connectivity index (χ0) is 16.8. The number of benzene rings is 1. The van der Waals surface area contributed by atoms with E-state index in [1.807, 2.05) is 60.5 Å². The highest BCUT2D eigenvalue weighted by atomic mass is 16.1. The Morgan fingerprint density at radius 1 is 1.04 bits per heavy atom. The number of aromatic nitrogens is 3. The lowest BCUT2D eigenvalue weighted by Crippen LogP contribution is -2.20. The topological polar surface area (TPSA) is 71.0 Å². The fourth-order valence-electron chi connectivity index (χ4n) is 2.21. The number of carbonyl (C=O) groups is 1. The number of amides is 1. The normalized spacial score (nSPS) is 10.2. The van der Waals surface area contributed by atoms with Gasteiger partial charge in [0.25, 0.3) is 5.91 Å². The molecule has 120 valence electrons. The summed E-state index contributed by atoms with van der Waals surface area (Å²) in [4.78, 5) is 26.8. The summed E-state index contributed by atoms with van der Waals surface area (Å²) in [5.41, 5.74) is 1.97. The Labute approximate surface area is 140 Å². The third-order valence-electron chi connectivity index (χ3n) is 3.43. The van der Waals surface area contributed by atoms with Crippen molar-refractivity contribution >= 4 is 17.4 Å². The summed E-state index contributed by atoms with van der Waals surface area (Å²) in [7, 11) is 1.90. The van der Waals surface area contributed by atoms with E-state index in [1.54, 1.807) is 12.3 Å². The molecule has 3 rings (SSSR count). The van der Waals surface area contributed by atoms with E-state index in [0.29, 0.717) is 18.1 Å². The van der Waals surface area contributed by atoms with E-state index in [0.717, 1.165) is 11.4 Å². The number of pyridine rings is 1. The molecule has 0 spiro atoms. The van der Waals surface area contributed by atoms with Crippen molar-refractivity contribution in [2.24, 2.45) is 0 Å². The van der Waals surface area contributed by atoms with Gasteiger partial charge in [0, 0.05) is 25.0 Å². The maximum atomic E-state index is 12.3. The predicted molar refractivity (Wildman–Crippen MR) is 92.8 cm³/mol. The molecule has 0 saturated heterocycles. The molecule has 1 N–H and O–H groups in total. The molecular formula is C18H17N5O. The Kier molecular flexibility index (Phi) is 4.76. The predicted octanol–water partition coefficient (Wildman–Crippen LogP) is 2.76. The monoisotopic (exact) mass is 319 g/mol. The second-order valence-corrected chi connectivity index (χ2v) is 5.26. The van der Waals surface area contributed by atoms with Gasteiger partial charge in [0.05, 0.1) is 12.2 Å². The molecule has 1 aromatic carbocycles. The van der Waals surface area contributed by atoms with Crippen molar-refractivity contribution in [3.8, 4) is 0 Å². The van der Waals surface area contributed by atoms with Crippen molar-refractivity contribution in [2.75, 3.05) is 17.3 Å². The van der Waals surface area contributed by atoms with Gasteiger partial charge in [-0.25, -0.2) is 9.97 Å². The van der Waals surface area contributed by atoms with Gasteiger partial charge in [-0.05, 0) is 24.3 Å². The van der Waals surface area contributed by atoms with Crippen LogP contribution in [0.25, 0.3) is 0 Å². The molecule has 0 bridgehead atoms. The summed E-state index contributed by atoms with van der Waals surface area (Å²) in [6.45, 7) is 0.595. The summed E-state index contributed by atoms with van der Waals surface area (Å²) in [6, 6.07) is 16.7. The van der Waals surface area contributed by atoms with Gasteiger partial charge in [0.1, 0.15) is 17.8 Å². The minimum absolute atomic E-state index is 0.268. The summed E-state index contributed by atoms with van der Waals surface area (Å²) in [5.74, 6) is 0.393. The molecule has 2 aromatic heterocycles. The van der Waals surface area contributed by atoms with Crippen LogP contribution < -0.4 is 10.2 Å². The molecule has 6 heteroatoms. The van der Waals surface area contributed by atoms with Crippen LogP contribution in [-0.2, 0) is 6.54 Å². The van der Waals surface area contributed by atoms with Crippen LogP contribution in [0.5, 0.6) is 0 Å². The van der Waals surface area contributed by atoms with Crippen LogP contribution >= 0.6 is 0 Å². The van der Waals surface area contributed by atoms with E-state index >= 15 is 0 Å². The Morgan fingerprint density at radius 2 is 1.83 bits per heavy atom. The van der Waals surface area contributed by atoms with Crippen molar-refractivity contribution in [3.05, 3.63) is 78.5 Å². The van der Waals surface area contributed by atoms with Gasteiger partial charge < -0.3 is 10.2 Å². The molecule has 1 amide bonds. The fourth-order valence-corrected chi connectivity index (χ4v) is 2.21. The third kappa shape index (κ3) is 3.92. The lowest BCUT2D eigenvalue weighted by molar-refractivity contribution is 0.102. The van der Waals surface area contributed by atoms with Gasteiger partial charge in [-0.1, -0.05) is 24.3 Å². The van der Waals surface area contributed by atoms with Gasteiger partial charge in [0.15, 0.2) is 0 Å². The first-order chi connectivity index (χ1) is 11.7. The van der Waals surface area contributed by atoms with Crippen LogP contribution in [0.15, 0.2) is 67.1 Å². The second-order valence-electron chi connectivity index (χ2n) is 5.26. The van der Waals surface area contributed by atoms with E-state index in [2.05, 4.69) is 20.3 Å². The van der Waals surface area contributed by atoms with Gasteiger partial charge >= 0.3 is 0 Å². The van der Waals surface area contributed by atoms with Crippen LogP contribution in [0.1, 0.15) is 16.2 Å². The van der Waals surface area contributed by atoms with Crippen molar-refractivity contribution in [3.63, 3.8) is 0 Å². The minimum Gasteiger partial charge on any atom is -0.354 e. The number of nitrogens with zero attached hydrogens (tertiary/aromatic N) is 4. The van der Waals surface area contributed by atoms with E-state index in [9.17, 15) is 4.79 Å². The Morgan fingerprint density at radius 3 is 2.58 bits per heavy atom. The number of carbonyl (C=O) groups excluding carboxylic acids is 1. The molecule has 24 heavy (non-hydrogen) atoms. The molecule has 3 aromatic rings. The number of nitrogens with one attached hydrogen (secondary N) is 1. The summed E-state index contributed by atoms with van der Waals surface area (Å²) >= 11 is 0. The maximum Gasteiger partial charge on any atom is 0.274 e. The van der Waals surface area contributed by atoms with Crippen molar-refractivity contribution in [1.29, 1.82) is 0 Å². The molecule has 0 aliphatic carbocycles. The number of rotatable bonds is 5. The van der Waals surface area contributed by atoms with E-state index < -0.39 is 0 Å². The molecule has 0 radical (unpaired) electrons. The third-order valence-corrected chi connectivity index (χ3v) is 3.43.